The Morgan fingerprint density at radius 3 is 2.26 bits per heavy atom. The first-order chi connectivity index (χ1) is 9.15. The zero-order chi connectivity index (χ0) is 13.3. The largest absolute Gasteiger partial charge is 0.197 e. The van der Waals surface area contributed by atoms with E-state index in [1.165, 1.54) is 42.6 Å². The maximum Gasteiger partial charge on any atom is 0.108 e. The number of thioether (sulfide) groups is 1. The van der Waals surface area contributed by atoms with E-state index in [0.717, 1.165) is 12.8 Å². The molecule has 0 aromatic heterocycles. The number of hydrogen-bond donors (Lipinski definition) is 0. The maximum atomic E-state index is 9.60. The number of benzene rings is 1. The van der Waals surface area contributed by atoms with Crippen molar-refractivity contribution >= 4 is 11.8 Å². The summed E-state index contributed by atoms with van der Waals surface area (Å²) in [6.45, 7) is 2.11. The van der Waals surface area contributed by atoms with E-state index in [1.807, 2.05) is 0 Å². The fraction of sp³-hybridized carbons (Fsp3) is 0.588. The van der Waals surface area contributed by atoms with E-state index in [4.69, 9.17) is 0 Å². The van der Waals surface area contributed by atoms with Gasteiger partial charge in [0.15, 0.2) is 0 Å². The van der Waals surface area contributed by atoms with Crippen molar-refractivity contribution in [3.05, 3.63) is 29.8 Å². The molecular weight excluding hydrogens is 250 g/mol. The van der Waals surface area contributed by atoms with E-state index >= 15 is 0 Å². The molecule has 2 saturated carbocycles. The Bertz CT molecular complexity index is 483. The lowest BCUT2D eigenvalue weighted by atomic mass is 9.56. The molecule has 0 saturated heterocycles. The molecule has 3 rings (SSSR count). The van der Waals surface area contributed by atoms with Crippen LogP contribution in [-0.2, 0) is 0 Å². The molecule has 0 heterocycles. The van der Waals surface area contributed by atoms with E-state index in [0.29, 0.717) is 5.41 Å². The molecule has 0 bridgehead atoms. The van der Waals surface area contributed by atoms with Crippen LogP contribution in [0.3, 0.4) is 0 Å². The first-order valence-electron chi connectivity index (χ1n) is 7.32. The van der Waals surface area contributed by atoms with Crippen molar-refractivity contribution in [3.63, 3.8) is 0 Å². The van der Waals surface area contributed by atoms with Gasteiger partial charge in [0, 0.05) is 4.90 Å². The molecule has 1 spiro atoms. The Morgan fingerprint density at radius 1 is 1.05 bits per heavy atom. The third-order valence-electron chi connectivity index (χ3n) is 4.77. The Labute approximate surface area is 120 Å². The third kappa shape index (κ3) is 2.54. The van der Waals surface area contributed by atoms with Crippen molar-refractivity contribution in [3.8, 4) is 6.07 Å². The van der Waals surface area contributed by atoms with Gasteiger partial charge in [-0.25, -0.2) is 0 Å². The fourth-order valence-electron chi connectivity index (χ4n) is 3.82. The van der Waals surface area contributed by atoms with Gasteiger partial charge in [-0.15, -0.1) is 11.8 Å². The number of nitriles is 1. The summed E-state index contributed by atoms with van der Waals surface area (Å²) < 4.78 is -0.146. The molecule has 2 fully saturated rings. The molecule has 100 valence electrons. The predicted molar refractivity (Wildman–Crippen MR) is 80.1 cm³/mol. The van der Waals surface area contributed by atoms with Gasteiger partial charge in [0.1, 0.15) is 4.75 Å². The highest BCUT2D eigenvalue weighted by molar-refractivity contribution is 8.01. The predicted octanol–water partition coefficient (Wildman–Crippen LogP) is 5.09. The third-order valence-corrected chi connectivity index (χ3v) is 6.05. The molecule has 1 aromatic rings. The molecule has 0 atom stereocenters. The SMILES string of the molecule is Cc1ccc(SC2(C#N)CC3(CCCCC3)C2)cc1. The summed E-state index contributed by atoms with van der Waals surface area (Å²) in [5.41, 5.74) is 1.80. The lowest BCUT2D eigenvalue weighted by Gasteiger charge is -2.54. The molecule has 0 aliphatic heterocycles. The van der Waals surface area contributed by atoms with Crippen molar-refractivity contribution in [1.29, 1.82) is 5.26 Å². The molecule has 0 N–H and O–H groups in total. The normalized spacial score (nSPS) is 23.6. The lowest BCUT2D eigenvalue weighted by Crippen LogP contribution is -2.49. The summed E-state index contributed by atoms with van der Waals surface area (Å²) >= 11 is 1.79. The summed E-state index contributed by atoms with van der Waals surface area (Å²) in [6.07, 6.45) is 9.06. The minimum absolute atomic E-state index is 0.146. The first-order valence-corrected chi connectivity index (χ1v) is 8.14. The van der Waals surface area contributed by atoms with Gasteiger partial charge in [-0.3, -0.25) is 0 Å². The summed E-state index contributed by atoms with van der Waals surface area (Å²) in [5.74, 6) is 0. The van der Waals surface area contributed by atoms with E-state index in [9.17, 15) is 5.26 Å². The second-order valence-corrected chi connectivity index (χ2v) is 7.89. The highest BCUT2D eigenvalue weighted by Gasteiger charge is 2.55. The Hall–Kier alpha value is -0.940. The summed E-state index contributed by atoms with van der Waals surface area (Å²) in [7, 11) is 0. The van der Waals surface area contributed by atoms with Crippen LogP contribution in [0, 0.1) is 23.7 Å². The summed E-state index contributed by atoms with van der Waals surface area (Å²) in [5, 5.41) is 9.60. The number of nitrogens with zero attached hydrogens (tertiary/aromatic N) is 1. The minimum Gasteiger partial charge on any atom is -0.197 e. The topological polar surface area (TPSA) is 23.8 Å². The van der Waals surface area contributed by atoms with Crippen LogP contribution in [-0.4, -0.2) is 4.75 Å². The summed E-state index contributed by atoms with van der Waals surface area (Å²) in [6, 6.07) is 11.2. The van der Waals surface area contributed by atoms with Gasteiger partial charge in [-0.1, -0.05) is 37.0 Å². The van der Waals surface area contributed by atoms with Crippen LogP contribution in [0.25, 0.3) is 0 Å². The van der Waals surface area contributed by atoms with E-state index in [-0.39, 0.29) is 4.75 Å². The zero-order valence-electron chi connectivity index (χ0n) is 11.6. The Kier molecular flexibility index (Phi) is 3.35. The van der Waals surface area contributed by atoms with Crippen LogP contribution in [0.15, 0.2) is 29.2 Å². The van der Waals surface area contributed by atoms with Crippen LogP contribution in [0.2, 0.25) is 0 Å². The van der Waals surface area contributed by atoms with E-state index in [2.05, 4.69) is 37.3 Å². The molecule has 1 nitrogen and oxygen atoms in total. The minimum atomic E-state index is -0.146. The van der Waals surface area contributed by atoms with Gasteiger partial charge in [0.05, 0.1) is 6.07 Å². The number of aryl methyl sites for hydroxylation is 1. The molecule has 0 amide bonds. The Balaban J connectivity index is 1.69. The van der Waals surface area contributed by atoms with Gasteiger partial charge in [-0.05, 0) is 50.2 Å². The van der Waals surface area contributed by atoms with Crippen molar-refractivity contribution in [2.45, 2.75) is 61.5 Å². The molecule has 19 heavy (non-hydrogen) atoms. The average molecular weight is 271 g/mol. The second-order valence-electron chi connectivity index (χ2n) is 6.44. The van der Waals surface area contributed by atoms with E-state index in [1.54, 1.807) is 11.8 Å². The maximum absolute atomic E-state index is 9.60. The molecule has 2 aliphatic carbocycles. The van der Waals surface area contributed by atoms with Crippen molar-refractivity contribution < 1.29 is 0 Å². The monoisotopic (exact) mass is 271 g/mol. The van der Waals surface area contributed by atoms with Gasteiger partial charge < -0.3 is 0 Å². The fourth-order valence-corrected chi connectivity index (χ4v) is 5.35. The standard InChI is InChI=1S/C17H21NS/c1-14-5-7-15(8-6-14)19-17(13-18)11-16(12-17)9-3-2-4-10-16/h5-8H,2-4,9-12H2,1H3. The quantitative estimate of drug-likeness (QED) is 0.747. The van der Waals surface area contributed by atoms with Crippen LogP contribution in [0.4, 0.5) is 0 Å². The second kappa shape index (κ2) is 4.87. The Morgan fingerprint density at radius 2 is 1.68 bits per heavy atom. The zero-order valence-corrected chi connectivity index (χ0v) is 12.4. The molecule has 1 aromatic carbocycles. The van der Waals surface area contributed by atoms with Crippen molar-refractivity contribution in [1.82, 2.24) is 0 Å². The highest BCUT2D eigenvalue weighted by atomic mass is 32.2. The molecular formula is C17H21NS. The van der Waals surface area contributed by atoms with Gasteiger partial charge in [0.2, 0.25) is 0 Å². The first kappa shape index (κ1) is 13.1. The van der Waals surface area contributed by atoms with Gasteiger partial charge in [0.25, 0.3) is 0 Å². The van der Waals surface area contributed by atoms with Crippen molar-refractivity contribution in [2.75, 3.05) is 0 Å². The van der Waals surface area contributed by atoms with Crippen LogP contribution in [0.5, 0.6) is 0 Å². The van der Waals surface area contributed by atoms with Gasteiger partial charge >= 0.3 is 0 Å². The van der Waals surface area contributed by atoms with Crippen LogP contribution < -0.4 is 0 Å². The summed E-state index contributed by atoms with van der Waals surface area (Å²) in [4.78, 5) is 1.25. The molecule has 0 unspecified atom stereocenters. The van der Waals surface area contributed by atoms with Crippen LogP contribution >= 0.6 is 11.8 Å². The van der Waals surface area contributed by atoms with Gasteiger partial charge in [-0.2, -0.15) is 5.26 Å². The average Bonchev–Trinajstić information content (AvgIpc) is 2.40. The van der Waals surface area contributed by atoms with E-state index < -0.39 is 0 Å². The lowest BCUT2D eigenvalue weighted by molar-refractivity contribution is 0.0593. The smallest absolute Gasteiger partial charge is 0.108 e. The highest BCUT2D eigenvalue weighted by Crippen LogP contribution is 2.62. The molecule has 0 radical (unpaired) electrons. The molecule has 2 aliphatic rings. The van der Waals surface area contributed by atoms with Crippen molar-refractivity contribution in [2.24, 2.45) is 5.41 Å². The number of hydrogen-bond acceptors (Lipinski definition) is 2. The van der Waals surface area contributed by atoms with Crippen LogP contribution in [0.1, 0.15) is 50.5 Å². The number of rotatable bonds is 2. The molecule has 2 heteroatoms.